The fourth-order valence-corrected chi connectivity index (χ4v) is 1.39. The Hall–Kier alpha value is -2.68. The van der Waals surface area contributed by atoms with Crippen molar-refractivity contribution in [3.63, 3.8) is 0 Å². The van der Waals surface area contributed by atoms with Gasteiger partial charge in [-0.1, -0.05) is 42.5 Å². The minimum atomic E-state index is 0.694. The van der Waals surface area contributed by atoms with Crippen LogP contribution in [0.4, 0.5) is 0 Å². The third-order valence-electron chi connectivity index (χ3n) is 2.27. The van der Waals surface area contributed by atoms with Crippen LogP contribution >= 0.6 is 0 Å². The number of pyridine rings is 1. The quantitative estimate of drug-likeness (QED) is 0.703. The summed E-state index contributed by atoms with van der Waals surface area (Å²) in [5.74, 6) is 0.694. The number of ether oxygens (including phenoxy) is 1. The molecule has 0 N–H and O–H groups in total. The number of aromatic nitrogens is 1. The largest absolute Gasteiger partial charge is 0.461 e. The van der Waals surface area contributed by atoms with Crippen molar-refractivity contribution in [2.45, 2.75) is 0 Å². The van der Waals surface area contributed by atoms with Crippen LogP contribution in [0.25, 0.3) is 6.08 Å². The van der Waals surface area contributed by atoms with Gasteiger partial charge in [0.15, 0.2) is 5.75 Å². The fraction of sp³-hybridized carbons (Fsp3) is 0. The summed E-state index contributed by atoms with van der Waals surface area (Å²) in [5, 5.41) is 0. The van der Waals surface area contributed by atoms with E-state index in [4.69, 9.17) is 4.74 Å². The van der Waals surface area contributed by atoms with Gasteiger partial charge >= 0.3 is 0 Å². The predicted molar refractivity (Wildman–Crippen MR) is 79.0 cm³/mol. The third kappa shape index (κ3) is 4.60. The second-order valence-corrected chi connectivity index (χ2v) is 3.63. The molecule has 0 aliphatic carbocycles. The van der Waals surface area contributed by atoms with Crippen molar-refractivity contribution in [2.75, 3.05) is 0 Å². The molecule has 0 saturated carbocycles. The number of allylic oxidation sites excluding steroid dienone is 7. The van der Waals surface area contributed by atoms with Gasteiger partial charge < -0.3 is 4.74 Å². The van der Waals surface area contributed by atoms with Gasteiger partial charge in [-0.25, -0.2) is 0 Å². The van der Waals surface area contributed by atoms with Crippen LogP contribution in [0.3, 0.4) is 0 Å². The van der Waals surface area contributed by atoms with Gasteiger partial charge in [-0.3, -0.25) is 9.98 Å². The van der Waals surface area contributed by atoms with Crippen molar-refractivity contribution in [3.8, 4) is 5.75 Å². The van der Waals surface area contributed by atoms with E-state index < -0.39 is 0 Å². The van der Waals surface area contributed by atoms with Gasteiger partial charge in [-0.2, -0.15) is 0 Å². The average molecular weight is 250 g/mol. The molecule has 0 aromatic carbocycles. The SMILES string of the molecule is C1=CC=CC=NC=COc2cnccc2C=CC=C1. The highest BCUT2D eigenvalue weighted by Gasteiger charge is 1.97. The first-order chi connectivity index (χ1) is 9.47. The second-order valence-electron chi connectivity index (χ2n) is 3.63. The maximum atomic E-state index is 5.49. The van der Waals surface area contributed by atoms with E-state index in [-0.39, 0.29) is 0 Å². The summed E-state index contributed by atoms with van der Waals surface area (Å²) >= 11 is 0. The minimum Gasteiger partial charge on any atom is -0.461 e. The predicted octanol–water partition coefficient (Wildman–Crippen LogP) is 3.70. The van der Waals surface area contributed by atoms with Crippen molar-refractivity contribution in [1.29, 1.82) is 0 Å². The normalized spacial score (nSPS) is 14.5. The molecule has 0 fully saturated rings. The third-order valence-corrected chi connectivity index (χ3v) is 2.27. The molecule has 2 heterocycles. The molecule has 1 aromatic heterocycles. The standard InChI is InChI=1S/C16H14N2O/c1-2-4-6-8-15-9-11-18-14-16(15)19-13-12-17-10-7-5-3-1/h1-14H. The molecule has 19 heavy (non-hydrogen) atoms. The zero-order valence-corrected chi connectivity index (χ0v) is 10.4. The van der Waals surface area contributed by atoms with Gasteiger partial charge in [0.1, 0.15) is 6.26 Å². The average Bonchev–Trinajstić information content (AvgIpc) is 2.45. The molecule has 0 unspecified atom stereocenters. The number of aliphatic imine (C=N–C) groups is 1. The topological polar surface area (TPSA) is 34.5 Å². The molecule has 1 aromatic rings. The van der Waals surface area contributed by atoms with E-state index in [1.54, 1.807) is 24.8 Å². The first kappa shape index (κ1) is 12.8. The number of hydrogen-bond donors (Lipinski definition) is 0. The van der Waals surface area contributed by atoms with Gasteiger partial charge in [-0.15, -0.1) is 0 Å². The maximum absolute atomic E-state index is 5.49. The number of nitrogens with zero attached hydrogens (tertiary/aromatic N) is 2. The zero-order chi connectivity index (χ0) is 13.2. The van der Waals surface area contributed by atoms with Crippen LogP contribution in [0.5, 0.6) is 5.75 Å². The van der Waals surface area contributed by atoms with Crippen LogP contribution in [0, 0.1) is 0 Å². The van der Waals surface area contributed by atoms with E-state index in [1.807, 2.05) is 54.7 Å². The lowest BCUT2D eigenvalue weighted by atomic mass is 10.2. The monoisotopic (exact) mass is 250 g/mol. The van der Waals surface area contributed by atoms with Crippen LogP contribution in [0.2, 0.25) is 0 Å². The molecular weight excluding hydrogens is 236 g/mol. The van der Waals surface area contributed by atoms with E-state index in [9.17, 15) is 0 Å². The van der Waals surface area contributed by atoms with Gasteiger partial charge in [0, 0.05) is 18.0 Å². The molecule has 0 radical (unpaired) electrons. The highest BCUT2D eigenvalue weighted by Crippen LogP contribution is 2.18. The first-order valence-electron chi connectivity index (χ1n) is 5.92. The van der Waals surface area contributed by atoms with Crippen LogP contribution in [-0.4, -0.2) is 11.2 Å². The molecule has 0 saturated heterocycles. The summed E-state index contributed by atoms with van der Waals surface area (Å²) in [6.07, 6.45) is 23.7. The highest BCUT2D eigenvalue weighted by molar-refractivity contribution is 5.72. The zero-order valence-electron chi connectivity index (χ0n) is 10.4. The maximum Gasteiger partial charge on any atom is 0.152 e. The molecule has 0 bridgehead atoms. The van der Waals surface area contributed by atoms with Crippen molar-refractivity contribution in [3.05, 3.63) is 79.0 Å². The summed E-state index contributed by atoms with van der Waals surface area (Å²) in [6.45, 7) is 0. The van der Waals surface area contributed by atoms with E-state index in [2.05, 4.69) is 9.98 Å². The van der Waals surface area contributed by atoms with Gasteiger partial charge in [0.2, 0.25) is 0 Å². The van der Waals surface area contributed by atoms with Crippen LogP contribution < -0.4 is 4.74 Å². The summed E-state index contributed by atoms with van der Waals surface area (Å²) in [4.78, 5) is 8.09. The van der Waals surface area contributed by atoms with Crippen LogP contribution in [0.1, 0.15) is 5.56 Å². The Morgan fingerprint density at radius 2 is 1.68 bits per heavy atom. The first-order valence-corrected chi connectivity index (χ1v) is 5.92. The second kappa shape index (κ2) is 7.61. The lowest BCUT2D eigenvalue weighted by Crippen LogP contribution is -1.86. The number of hydrogen-bond acceptors (Lipinski definition) is 3. The molecule has 2 rings (SSSR count). The van der Waals surface area contributed by atoms with Crippen molar-refractivity contribution < 1.29 is 4.74 Å². The number of rotatable bonds is 0. The molecule has 94 valence electrons. The van der Waals surface area contributed by atoms with E-state index in [0.717, 1.165) is 5.56 Å². The van der Waals surface area contributed by atoms with Gasteiger partial charge in [0.05, 0.1) is 12.4 Å². The summed E-state index contributed by atoms with van der Waals surface area (Å²) in [6, 6.07) is 1.90. The lowest BCUT2D eigenvalue weighted by molar-refractivity contribution is 0.476. The van der Waals surface area contributed by atoms with Crippen LogP contribution in [-0.2, 0) is 0 Å². The Morgan fingerprint density at radius 3 is 2.58 bits per heavy atom. The van der Waals surface area contributed by atoms with Crippen molar-refractivity contribution >= 4 is 12.3 Å². The Labute approximate surface area is 112 Å². The summed E-state index contributed by atoms with van der Waals surface area (Å²) in [7, 11) is 0. The molecule has 1 aliphatic rings. The van der Waals surface area contributed by atoms with Crippen LogP contribution in [0.15, 0.2) is 78.4 Å². The van der Waals surface area contributed by atoms with Gasteiger partial charge in [-0.05, 0) is 12.1 Å². The smallest absolute Gasteiger partial charge is 0.152 e. The highest BCUT2D eigenvalue weighted by atomic mass is 16.5. The van der Waals surface area contributed by atoms with Crippen molar-refractivity contribution in [2.24, 2.45) is 4.99 Å². The summed E-state index contributed by atoms with van der Waals surface area (Å²) in [5.41, 5.74) is 0.963. The Bertz CT molecular complexity index is 578. The van der Waals surface area contributed by atoms with E-state index in [1.165, 1.54) is 6.26 Å². The minimum absolute atomic E-state index is 0.694. The van der Waals surface area contributed by atoms with E-state index in [0.29, 0.717) is 5.75 Å². The molecule has 3 heteroatoms. The molecule has 0 amide bonds. The summed E-state index contributed by atoms with van der Waals surface area (Å²) < 4.78 is 5.49. The Morgan fingerprint density at radius 1 is 0.895 bits per heavy atom. The molecule has 3 nitrogen and oxygen atoms in total. The number of fused-ring (bicyclic) bond motifs is 1. The van der Waals surface area contributed by atoms with Gasteiger partial charge in [0.25, 0.3) is 0 Å². The molecule has 0 spiro atoms. The molecule has 1 aliphatic heterocycles. The van der Waals surface area contributed by atoms with E-state index >= 15 is 0 Å². The molecular formula is C16H14N2O. The fourth-order valence-electron chi connectivity index (χ4n) is 1.39. The Balaban J connectivity index is 2.26. The van der Waals surface area contributed by atoms with Crippen molar-refractivity contribution in [1.82, 2.24) is 4.98 Å². The molecule has 0 atom stereocenters. The lowest BCUT2D eigenvalue weighted by Gasteiger charge is -2.02. The Kier molecular flexibility index (Phi) is 5.11.